The fourth-order valence-electron chi connectivity index (χ4n) is 2.59. The highest BCUT2D eigenvalue weighted by Crippen LogP contribution is 2.29. The van der Waals surface area contributed by atoms with Gasteiger partial charge in [0.05, 0.1) is 28.8 Å². The Balaban J connectivity index is 1.83. The van der Waals surface area contributed by atoms with E-state index in [1.54, 1.807) is 36.4 Å². The predicted molar refractivity (Wildman–Crippen MR) is 120 cm³/mol. The third-order valence-electron chi connectivity index (χ3n) is 4.05. The summed E-state index contributed by atoms with van der Waals surface area (Å²) in [6, 6.07) is 16.6. The highest BCUT2D eigenvalue weighted by Gasteiger charge is 2.21. The molecule has 11 heteroatoms. The van der Waals surface area contributed by atoms with E-state index in [1.807, 2.05) is 0 Å². The number of nitro benzene ring substituents is 1. The van der Waals surface area contributed by atoms with E-state index in [2.05, 4.69) is 15.2 Å². The van der Waals surface area contributed by atoms with Crippen molar-refractivity contribution < 1.29 is 18.1 Å². The van der Waals surface area contributed by atoms with Crippen molar-refractivity contribution in [1.82, 2.24) is 0 Å². The van der Waals surface area contributed by atoms with Gasteiger partial charge in [-0.25, -0.2) is 8.42 Å². The van der Waals surface area contributed by atoms with Crippen LogP contribution in [-0.2, 0) is 10.0 Å². The number of rotatable bonds is 8. The second-order valence-corrected chi connectivity index (χ2v) is 8.32. The van der Waals surface area contributed by atoms with Crippen LogP contribution in [0.25, 0.3) is 0 Å². The van der Waals surface area contributed by atoms with Crippen LogP contribution in [0.5, 0.6) is 5.75 Å². The fraction of sp³-hybridized carbons (Fsp3) is 0.0500. The van der Waals surface area contributed by atoms with Crippen LogP contribution in [-0.4, -0.2) is 26.7 Å². The second-order valence-electron chi connectivity index (χ2n) is 6.20. The lowest BCUT2D eigenvalue weighted by Crippen LogP contribution is -2.13. The molecule has 0 saturated carbocycles. The highest BCUT2D eigenvalue weighted by atomic mass is 35.5. The number of anilines is 2. The largest absolute Gasteiger partial charge is 0.497 e. The third kappa shape index (κ3) is 5.71. The van der Waals surface area contributed by atoms with E-state index in [4.69, 9.17) is 16.3 Å². The molecule has 0 fully saturated rings. The van der Waals surface area contributed by atoms with Crippen molar-refractivity contribution in [2.75, 3.05) is 17.3 Å². The van der Waals surface area contributed by atoms with Crippen molar-refractivity contribution in [1.29, 1.82) is 0 Å². The first-order valence-corrected chi connectivity index (χ1v) is 10.6. The lowest BCUT2D eigenvalue weighted by molar-refractivity contribution is -0.384. The molecule has 3 aromatic carbocycles. The molecule has 0 radical (unpaired) electrons. The summed E-state index contributed by atoms with van der Waals surface area (Å²) in [5.74, 6) is 0.636. The first-order valence-electron chi connectivity index (χ1n) is 8.78. The molecule has 0 amide bonds. The van der Waals surface area contributed by atoms with Crippen molar-refractivity contribution in [3.05, 3.63) is 87.4 Å². The van der Waals surface area contributed by atoms with Crippen LogP contribution in [0.3, 0.4) is 0 Å². The van der Waals surface area contributed by atoms with E-state index in [0.29, 0.717) is 16.3 Å². The average molecular weight is 461 g/mol. The van der Waals surface area contributed by atoms with Crippen LogP contribution in [0.4, 0.5) is 17.1 Å². The first kappa shape index (κ1) is 22.1. The SMILES string of the molecule is COc1cccc(C=NNc2ccc(S(=O)(=O)Nc3cccc(Cl)c3)cc2[N+](=O)[O-])c1. The van der Waals surface area contributed by atoms with Crippen LogP contribution >= 0.6 is 11.6 Å². The van der Waals surface area contributed by atoms with Crippen LogP contribution < -0.4 is 14.9 Å². The Kier molecular flexibility index (Phi) is 6.73. The number of hydrogen-bond donors (Lipinski definition) is 2. The molecule has 0 atom stereocenters. The van der Waals surface area contributed by atoms with Crippen LogP contribution in [0, 0.1) is 10.1 Å². The van der Waals surface area contributed by atoms with E-state index in [9.17, 15) is 18.5 Å². The molecular formula is C20H17ClN4O5S. The van der Waals surface area contributed by atoms with Crippen molar-refractivity contribution in [3.8, 4) is 5.75 Å². The molecule has 160 valence electrons. The number of benzene rings is 3. The van der Waals surface area contributed by atoms with Gasteiger partial charge >= 0.3 is 0 Å². The quantitative estimate of drug-likeness (QED) is 0.290. The van der Waals surface area contributed by atoms with Crippen molar-refractivity contribution in [3.63, 3.8) is 0 Å². The maximum absolute atomic E-state index is 12.6. The van der Waals surface area contributed by atoms with E-state index >= 15 is 0 Å². The molecule has 0 bridgehead atoms. The Morgan fingerprint density at radius 2 is 1.87 bits per heavy atom. The Morgan fingerprint density at radius 3 is 2.58 bits per heavy atom. The molecule has 0 aromatic heterocycles. The third-order valence-corrected chi connectivity index (χ3v) is 5.66. The molecule has 31 heavy (non-hydrogen) atoms. The molecule has 2 N–H and O–H groups in total. The average Bonchev–Trinajstić information content (AvgIpc) is 2.73. The zero-order chi connectivity index (χ0) is 22.4. The van der Waals surface area contributed by atoms with Gasteiger partial charge in [-0.2, -0.15) is 5.10 Å². The lowest BCUT2D eigenvalue weighted by atomic mass is 10.2. The van der Waals surface area contributed by atoms with Gasteiger partial charge in [0.2, 0.25) is 0 Å². The van der Waals surface area contributed by atoms with E-state index in [0.717, 1.165) is 6.07 Å². The Labute approximate surface area is 183 Å². The number of ether oxygens (including phenoxy) is 1. The molecular weight excluding hydrogens is 444 g/mol. The minimum Gasteiger partial charge on any atom is -0.497 e. The molecule has 3 rings (SSSR count). The molecule has 0 aliphatic heterocycles. The van der Waals surface area contributed by atoms with Gasteiger partial charge in [0.1, 0.15) is 11.4 Å². The first-order chi connectivity index (χ1) is 14.8. The summed E-state index contributed by atoms with van der Waals surface area (Å²) in [6.07, 6.45) is 1.46. The van der Waals surface area contributed by atoms with Crippen molar-refractivity contribution in [2.45, 2.75) is 4.90 Å². The predicted octanol–water partition coefficient (Wildman–Crippen LogP) is 4.50. The number of methoxy groups -OCH3 is 1. The lowest BCUT2D eigenvalue weighted by Gasteiger charge is -2.09. The van der Waals surface area contributed by atoms with Gasteiger partial charge in [0.15, 0.2) is 0 Å². The number of nitrogens with zero attached hydrogens (tertiary/aromatic N) is 2. The number of nitro groups is 1. The van der Waals surface area contributed by atoms with Gasteiger partial charge < -0.3 is 4.74 Å². The minimum atomic E-state index is -4.07. The smallest absolute Gasteiger partial charge is 0.295 e. The number of hydrogen-bond acceptors (Lipinski definition) is 7. The van der Waals surface area contributed by atoms with Gasteiger partial charge in [0, 0.05) is 11.1 Å². The zero-order valence-corrected chi connectivity index (χ0v) is 17.7. The van der Waals surface area contributed by atoms with E-state index in [-0.39, 0.29) is 16.3 Å². The minimum absolute atomic E-state index is 0.0332. The summed E-state index contributed by atoms with van der Waals surface area (Å²) in [5, 5.41) is 15.8. The molecule has 0 aliphatic carbocycles. The van der Waals surface area contributed by atoms with Crippen molar-refractivity contribution >= 4 is 44.9 Å². The monoisotopic (exact) mass is 460 g/mol. The summed E-state index contributed by atoms with van der Waals surface area (Å²) in [7, 11) is -2.53. The summed E-state index contributed by atoms with van der Waals surface area (Å²) in [6.45, 7) is 0. The van der Waals surface area contributed by atoms with Gasteiger partial charge in [-0.1, -0.05) is 29.8 Å². The molecule has 0 unspecified atom stereocenters. The Bertz CT molecular complexity index is 1250. The molecule has 0 spiro atoms. The second kappa shape index (κ2) is 9.45. The summed E-state index contributed by atoms with van der Waals surface area (Å²) in [4.78, 5) is 10.5. The van der Waals surface area contributed by atoms with E-state index in [1.165, 1.54) is 37.6 Å². The summed E-state index contributed by atoms with van der Waals surface area (Å²) in [5.41, 5.74) is 3.10. The van der Waals surface area contributed by atoms with E-state index < -0.39 is 20.6 Å². The normalized spacial score (nSPS) is 11.3. The number of hydrazone groups is 1. The van der Waals surface area contributed by atoms with Gasteiger partial charge in [-0.3, -0.25) is 20.3 Å². The zero-order valence-electron chi connectivity index (χ0n) is 16.2. The molecule has 3 aromatic rings. The van der Waals surface area contributed by atoms with Crippen LogP contribution in [0.2, 0.25) is 5.02 Å². The molecule has 9 nitrogen and oxygen atoms in total. The fourth-order valence-corrected chi connectivity index (χ4v) is 3.85. The Morgan fingerprint density at radius 1 is 1.10 bits per heavy atom. The van der Waals surface area contributed by atoms with Crippen LogP contribution in [0.15, 0.2) is 76.7 Å². The molecule has 0 saturated heterocycles. The molecule has 0 heterocycles. The highest BCUT2D eigenvalue weighted by molar-refractivity contribution is 7.92. The number of nitrogens with one attached hydrogen (secondary N) is 2. The summed E-state index contributed by atoms with van der Waals surface area (Å²) < 4.78 is 32.7. The van der Waals surface area contributed by atoms with Gasteiger partial charge in [0.25, 0.3) is 15.7 Å². The summed E-state index contributed by atoms with van der Waals surface area (Å²) >= 11 is 5.86. The maximum Gasteiger partial charge on any atom is 0.295 e. The molecule has 0 aliphatic rings. The topological polar surface area (TPSA) is 123 Å². The standard InChI is InChI=1S/C20H17ClN4O5S/c1-30-17-7-2-4-14(10-17)13-22-23-19-9-8-18(12-20(19)25(26)27)31(28,29)24-16-6-3-5-15(21)11-16/h2-13,23-24H,1H3. The van der Waals surface area contributed by atoms with Crippen molar-refractivity contribution in [2.24, 2.45) is 5.10 Å². The Hall–Kier alpha value is -3.63. The number of halogens is 1. The maximum atomic E-state index is 12.6. The van der Waals surface area contributed by atoms with Gasteiger partial charge in [-0.05, 0) is 48.0 Å². The van der Waals surface area contributed by atoms with Crippen LogP contribution in [0.1, 0.15) is 5.56 Å². The van der Waals surface area contributed by atoms with Gasteiger partial charge in [-0.15, -0.1) is 0 Å². The number of sulfonamides is 1.